The maximum atomic E-state index is 12.9. The number of hydrogen-bond donors (Lipinski definition) is 8. The van der Waals surface area contributed by atoms with Crippen molar-refractivity contribution in [2.75, 3.05) is 12.0 Å². The number of amides is 4. The monoisotopic (exact) mass is 535 g/mol. The van der Waals surface area contributed by atoms with Crippen molar-refractivity contribution in [3.63, 3.8) is 0 Å². The van der Waals surface area contributed by atoms with Gasteiger partial charge in [0, 0.05) is 19.3 Å². The molecule has 0 radical (unpaired) electrons. The van der Waals surface area contributed by atoms with E-state index in [2.05, 4.69) is 16.0 Å². The van der Waals surface area contributed by atoms with E-state index in [4.69, 9.17) is 21.7 Å². The lowest BCUT2D eigenvalue weighted by Crippen LogP contribution is -2.57. The zero-order valence-corrected chi connectivity index (χ0v) is 20.5. The molecule has 0 bridgehead atoms. The van der Waals surface area contributed by atoms with Gasteiger partial charge in [0.15, 0.2) is 0 Å². The Morgan fingerprint density at radius 3 is 1.61 bits per heavy atom. The van der Waals surface area contributed by atoms with Gasteiger partial charge in [-0.1, -0.05) is 0 Å². The van der Waals surface area contributed by atoms with Gasteiger partial charge < -0.3 is 42.7 Å². The molecular weight excluding hydrogens is 502 g/mol. The van der Waals surface area contributed by atoms with Gasteiger partial charge in [-0.2, -0.15) is 11.8 Å². The number of carbonyl (C=O) groups is 7. The molecule has 0 rings (SSSR count). The van der Waals surface area contributed by atoms with Crippen molar-refractivity contribution in [1.82, 2.24) is 16.0 Å². The molecule has 15 nitrogen and oxygen atoms in total. The molecule has 0 aliphatic heterocycles. The third kappa shape index (κ3) is 14.1. The van der Waals surface area contributed by atoms with E-state index in [1.54, 1.807) is 6.26 Å². The van der Waals surface area contributed by atoms with Crippen LogP contribution in [0, 0.1) is 0 Å². The number of rotatable bonds is 19. The minimum Gasteiger partial charge on any atom is -0.481 e. The number of thioether (sulfide) groups is 1. The molecule has 10 N–H and O–H groups in total. The highest BCUT2D eigenvalue weighted by atomic mass is 32.2. The third-order valence-corrected chi connectivity index (χ3v) is 5.47. The van der Waals surface area contributed by atoms with Crippen LogP contribution in [-0.4, -0.2) is 93.0 Å². The summed E-state index contributed by atoms with van der Waals surface area (Å²) in [7, 11) is 0. The maximum absolute atomic E-state index is 12.9. The number of nitrogens with two attached hydrogens (primary N) is 2. The van der Waals surface area contributed by atoms with Gasteiger partial charge in [-0.05, 0) is 37.7 Å². The fourth-order valence-electron chi connectivity index (χ4n) is 2.82. The molecule has 36 heavy (non-hydrogen) atoms. The van der Waals surface area contributed by atoms with Crippen molar-refractivity contribution in [2.24, 2.45) is 11.5 Å². The van der Waals surface area contributed by atoms with Gasteiger partial charge in [-0.25, -0.2) is 4.79 Å². The summed E-state index contributed by atoms with van der Waals surface area (Å²) in [6.07, 6.45) is -0.274. The molecule has 0 fully saturated rings. The van der Waals surface area contributed by atoms with E-state index >= 15 is 0 Å². The van der Waals surface area contributed by atoms with Gasteiger partial charge >= 0.3 is 17.9 Å². The van der Waals surface area contributed by atoms with E-state index in [1.165, 1.54) is 11.8 Å². The molecule has 0 aromatic carbocycles. The van der Waals surface area contributed by atoms with Gasteiger partial charge in [0.25, 0.3) is 0 Å². The Morgan fingerprint density at radius 2 is 1.14 bits per heavy atom. The van der Waals surface area contributed by atoms with Crippen LogP contribution in [0.15, 0.2) is 0 Å². The molecular formula is C20H33N5O10S. The molecule has 0 saturated heterocycles. The van der Waals surface area contributed by atoms with Crippen LogP contribution < -0.4 is 27.4 Å². The Hall–Kier alpha value is -3.40. The molecule has 0 spiro atoms. The van der Waals surface area contributed by atoms with Crippen molar-refractivity contribution in [2.45, 2.75) is 69.1 Å². The molecule has 0 saturated carbocycles. The fraction of sp³-hybridized carbons (Fsp3) is 0.650. The number of aliphatic carboxylic acids is 3. The second-order valence-electron chi connectivity index (χ2n) is 7.78. The fourth-order valence-corrected chi connectivity index (χ4v) is 3.29. The van der Waals surface area contributed by atoms with Crippen molar-refractivity contribution in [3.8, 4) is 0 Å². The van der Waals surface area contributed by atoms with E-state index in [-0.39, 0.29) is 32.1 Å². The third-order valence-electron chi connectivity index (χ3n) is 4.82. The molecule has 4 amide bonds. The largest absolute Gasteiger partial charge is 0.481 e. The summed E-state index contributed by atoms with van der Waals surface area (Å²) in [5.41, 5.74) is 10.7. The first-order valence-corrected chi connectivity index (χ1v) is 12.3. The quantitative estimate of drug-likeness (QED) is 0.0860. The summed E-state index contributed by atoms with van der Waals surface area (Å²) >= 11 is 1.34. The highest BCUT2D eigenvalue weighted by molar-refractivity contribution is 7.98. The normalized spacial score (nSPS) is 13.9. The molecule has 0 unspecified atom stereocenters. The lowest BCUT2D eigenvalue weighted by atomic mass is 10.1. The summed E-state index contributed by atoms with van der Waals surface area (Å²) in [6.45, 7) is 0. The Bertz CT molecular complexity index is 825. The number of hydrogen-bond acceptors (Lipinski definition) is 9. The first kappa shape index (κ1) is 32.6. The van der Waals surface area contributed by atoms with Gasteiger partial charge in [0.2, 0.25) is 23.6 Å². The van der Waals surface area contributed by atoms with Crippen LogP contribution in [0.2, 0.25) is 0 Å². The second-order valence-corrected chi connectivity index (χ2v) is 8.77. The minimum absolute atomic E-state index is 0.0681. The van der Waals surface area contributed by atoms with Crippen LogP contribution in [0.4, 0.5) is 0 Å². The molecule has 4 atom stereocenters. The van der Waals surface area contributed by atoms with E-state index in [1.807, 2.05) is 0 Å². The van der Waals surface area contributed by atoms with Crippen LogP contribution in [-0.2, 0) is 33.6 Å². The summed E-state index contributed by atoms with van der Waals surface area (Å²) in [5, 5.41) is 33.9. The number of carbonyl (C=O) groups excluding carboxylic acids is 4. The first-order valence-electron chi connectivity index (χ1n) is 10.9. The highest BCUT2D eigenvalue weighted by Crippen LogP contribution is 2.07. The number of nitrogens with one attached hydrogen (secondary N) is 3. The zero-order chi connectivity index (χ0) is 27.8. The van der Waals surface area contributed by atoms with Crippen molar-refractivity contribution in [3.05, 3.63) is 0 Å². The van der Waals surface area contributed by atoms with Crippen molar-refractivity contribution < 1.29 is 48.9 Å². The van der Waals surface area contributed by atoms with Gasteiger partial charge in [0.05, 0.1) is 6.04 Å². The molecule has 204 valence electrons. The van der Waals surface area contributed by atoms with Gasteiger partial charge in [0.1, 0.15) is 18.1 Å². The average Bonchev–Trinajstić information content (AvgIpc) is 2.79. The van der Waals surface area contributed by atoms with Crippen LogP contribution in [0.1, 0.15) is 44.9 Å². The Kier molecular flexibility index (Phi) is 15.5. The lowest BCUT2D eigenvalue weighted by molar-refractivity contribution is -0.142. The predicted octanol–water partition coefficient (Wildman–Crippen LogP) is -2.40. The topological polar surface area (TPSA) is 268 Å². The van der Waals surface area contributed by atoms with Crippen LogP contribution >= 0.6 is 11.8 Å². The molecule has 0 aromatic rings. The van der Waals surface area contributed by atoms with Crippen molar-refractivity contribution in [1.29, 1.82) is 0 Å². The Morgan fingerprint density at radius 1 is 0.694 bits per heavy atom. The SMILES string of the molecule is CSCC[C@H](NC(=O)[C@H](CCC(=O)O)NC(=O)[C@@H](N)CCC(=O)O)C(=O)N[C@@H](CCC(N)=O)C(=O)O. The van der Waals surface area contributed by atoms with E-state index in [0.717, 1.165) is 0 Å². The van der Waals surface area contributed by atoms with Crippen LogP contribution in [0.5, 0.6) is 0 Å². The minimum atomic E-state index is -1.45. The summed E-state index contributed by atoms with van der Waals surface area (Å²) in [4.78, 5) is 82.0. The predicted molar refractivity (Wildman–Crippen MR) is 127 cm³/mol. The lowest BCUT2D eigenvalue weighted by Gasteiger charge is -2.25. The van der Waals surface area contributed by atoms with Gasteiger partial charge in [-0.3, -0.25) is 28.8 Å². The van der Waals surface area contributed by atoms with Crippen molar-refractivity contribution >= 4 is 53.3 Å². The van der Waals surface area contributed by atoms with Crippen LogP contribution in [0.3, 0.4) is 0 Å². The standard InChI is InChI=1S/C20H33N5O10S/c1-36-9-8-12(19(33)25-13(20(34)35)3-5-14(22)26)24-18(32)11(4-7-16(29)30)23-17(31)10(21)2-6-15(27)28/h10-13H,2-9,21H2,1H3,(H2,22,26)(H,23,31)(H,24,32)(H,25,33)(H,27,28)(H,29,30)(H,34,35)/t10-,11-,12-,13-/m0/s1. The van der Waals surface area contributed by atoms with Gasteiger partial charge in [-0.15, -0.1) is 0 Å². The zero-order valence-electron chi connectivity index (χ0n) is 19.7. The number of carboxylic acid groups (broad SMARTS) is 3. The summed E-state index contributed by atoms with van der Waals surface area (Å²) < 4.78 is 0. The highest BCUT2D eigenvalue weighted by Gasteiger charge is 2.30. The summed E-state index contributed by atoms with van der Waals surface area (Å²) in [5.74, 6) is -6.91. The number of primary amides is 1. The van der Waals surface area contributed by atoms with E-state index in [9.17, 15) is 38.7 Å². The Balaban J connectivity index is 5.52. The molecule has 16 heteroatoms. The second kappa shape index (κ2) is 17.1. The smallest absolute Gasteiger partial charge is 0.326 e. The summed E-state index contributed by atoms with van der Waals surface area (Å²) in [6, 6.07) is -5.39. The van der Waals surface area contributed by atoms with E-state index < -0.39 is 78.5 Å². The average molecular weight is 536 g/mol. The molecule has 0 aliphatic carbocycles. The Labute approximate surface area is 211 Å². The molecule has 0 aliphatic rings. The molecule has 0 heterocycles. The first-order chi connectivity index (χ1) is 16.8. The van der Waals surface area contributed by atoms with Crippen LogP contribution in [0.25, 0.3) is 0 Å². The maximum Gasteiger partial charge on any atom is 0.326 e. The van der Waals surface area contributed by atoms with E-state index in [0.29, 0.717) is 5.75 Å². The molecule has 0 aromatic heterocycles. The number of carboxylic acids is 3.